The Morgan fingerprint density at radius 1 is 0.857 bits per heavy atom. The van der Waals surface area contributed by atoms with Crippen LogP contribution in [0, 0.1) is 0 Å². The van der Waals surface area contributed by atoms with Gasteiger partial charge in [-0.2, -0.15) is 0 Å². The molecule has 0 aliphatic rings. The predicted octanol–water partition coefficient (Wildman–Crippen LogP) is 2.69. The SMILES string of the molecule is ClC(Cl)(Cl)Cl.OCl. The van der Waals surface area contributed by atoms with Gasteiger partial charge in [0.15, 0.2) is 0 Å². The van der Waals surface area contributed by atoms with Gasteiger partial charge in [0.25, 0.3) is 3.25 Å². The zero-order valence-corrected chi connectivity index (χ0v) is 6.62. The van der Waals surface area contributed by atoms with Crippen molar-refractivity contribution in [1.82, 2.24) is 0 Å². The number of alkyl halides is 4. The lowest BCUT2D eigenvalue weighted by Crippen LogP contribution is -1.81. The molecule has 0 aromatic carbocycles. The van der Waals surface area contributed by atoms with Crippen molar-refractivity contribution in [2.45, 2.75) is 3.25 Å². The van der Waals surface area contributed by atoms with Gasteiger partial charge in [0.05, 0.1) is 11.9 Å². The van der Waals surface area contributed by atoms with Crippen LogP contribution in [0.2, 0.25) is 0 Å². The molecule has 0 aliphatic heterocycles. The summed E-state index contributed by atoms with van der Waals surface area (Å²) in [5, 5.41) is 0. The highest BCUT2D eigenvalue weighted by Gasteiger charge is 2.11. The quantitative estimate of drug-likeness (QED) is 0.604. The number of hydrogen-bond donors (Lipinski definition) is 1. The van der Waals surface area contributed by atoms with Crippen molar-refractivity contribution in [2.24, 2.45) is 0 Å². The largest absolute Gasteiger partial charge is 0.295 e. The van der Waals surface area contributed by atoms with Gasteiger partial charge in [0.1, 0.15) is 0 Å². The summed E-state index contributed by atoms with van der Waals surface area (Å²) in [5.74, 6) is 0. The van der Waals surface area contributed by atoms with Crippen LogP contribution in [0.5, 0.6) is 0 Å². The van der Waals surface area contributed by atoms with Gasteiger partial charge in [0, 0.05) is 0 Å². The molecule has 0 bridgehead atoms. The maximum Gasteiger partial charge on any atom is 0.266 e. The van der Waals surface area contributed by atoms with Gasteiger partial charge in [-0.3, -0.25) is 4.66 Å². The zero-order chi connectivity index (χ0) is 6.50. The van der Waals surface area contributed by atoms with Crippen LogP contribution >= 0.6 is 58.3 Å². The third kappa shape index (κ3) is 109. The summed E-state index contributed by atoms with van der Waals surface area (Å²) in [7, 11) is 0. The van der Waals surface area contributed by atoms with Crippen LogP contribution in [0.4, 0.5) is 0 Å². The molecule has 0 radical (unpaired) electrons. The Balaban J connectivity index is 0. The predicted molar refractivity (Wildman–Crippen MR) is 34.2 cm³/mol. The van der Waals surface area contributed by atoms with E-state index >= 15 is 0 Å². The van der Waals surface area contributed by atoms with Crippen molar-refractivity contribution < 1.29 is 4.66 Å². The minimum absolute atomic E-state index is 1.61. The summed E-state index contributed by atoms with van der Waals surface area (Å²) >= 11 is 22.9. The molecule has 0 unspecified atom stereocenters. The monoisotopic (exact) mass is 204 g/mol. The van der Waals surface area contributed by atoms with E-state index in [0.717, 1.165) is 0 Å². The number of hydrogen-bond acceptors (Lipinski definition) is 1. The van der Waals surface area contributed by atoms with Crippen molar-refractivity contribution in [2.75, 3.05) is 0 Å². The van der Waals surface area contributed by atoms with Crippen LogP contribution in [0.15, 0.2) is 0 Å². The molecule has 0 aromatic rings. The Labute approximate surface area is 66.2 Å². The summed E-state index contributed by atoms with van der Waals surface area (Å²) in [6.45, 7) is 0. The molecular weight excluding hydrogens is 205 g/mol. The van der Waals surface area contributed by atoms with E-state index < -0.39 is 3.25 Å². The molecule has 0 saturated heterocycles. The molecule has 1 N–H and O–H groups in total. The highest BCUT2D eigenvalue weighted by atomic mass is 35.6. The molecule has 0 fully saturated rings. The van der Waals surface area contributed by atoms with Crippen molar-refractivity contribution in [1.29, 1.82) is 0 Å². The second-order valence-corrected chi connectivity index (χ2v) is 3.86. The molecular formula is CHCl5O. The van der Waals surface area contributed by atoms with E-state index in [1.807, 2.05) is 0 Å². The third-order valence-electron chi connectivity index (χ3n) is 0. The minimum atomic E-state index is -1.61. The number of halogens is 5. The lowest BCUT2D eigenvalue weighted by atomic mass is 11.8. The van der Waals surface area contributed by atoms with E-state index in [0.29, 0.717) is 0 Å². The van der Waals surface area contributed by atoms with E-state index in [2.05, 4.69) is 11.9 Å². The first-order valence-corrected chi connectivity index (χ1v) is 2.77. The summed E-state index contributed by atoms with van der Waals surface area (Å²) < 4.78 is 4.86. The molecule has 6 heteroatoms. The fraction of sp³-hybridized carbons (Fsp3) is 1.00. The zero-order valence-electron chi connectivity index (χ0n) is 2.84. The third-order valence-corrected chi connectivity index (χ3v) is 0. The van der Waals surface area contributed by atoms with Gasteiger partial charge < -0.3 is 0 Å². The van der Waals surface area contributed by atoms with E-state index in [-0.39, 0.29) is 0 Å². The first-order chi connectivity index (χ1) is 3.00. The minimum Gasteiger partial charge on any atom is -0.295 e. The van der Waals surface area contributed by atoms with Crippen LogP contribution in [0.25, 0.3) is 0 Å². The van der Waals surface area contributed by atoms with Gasteiger partial charge in [0.2, 0.25) is 0 Å². The Morgan fingerprint density at radius 3 is 0.857 bits per heavy atom. The number of rotatable bonds is 0. The Hall–Kier alpha value is 1.41. The van der Waals surface area contributed by atoms with E-state index in [4.69, 9.17) is 51.1 Å². The Kier molecular flexibility index (Phi) is 8.90. The van der Waals surface area contributed by atoms with Crippen molar-refractivity contribution >= 4 is 58.3 Å². The molecule has 7 heavy (non-hydrogen) atoms. The van der Waals surface area contributed by atoms with Gasteiger partial charge >= 0.3 is 0 Å². The van der Waals surface area contributed by atoms with Crippen LogP contribution in [0.1, 0.15) is 0 Å². The highest BCUT2D eigenvalue weighted by molar-refractivity contribution is 6.83. The molecule has 0 aromatic heterocycles. The van der Waals surface area contributed by atoms with Crippen molar-refractivity contribution in [3.8, 4) is 0 Å². The van der Waals surface area contributed by atoms with Crippen molar-refractivity contribution in [3.63, 3.8) is 0 Å². The molecule has 1 nitrogen and oxygen atoms in total. The maximum absolute atomic E-state index is 6.47. The standard InChI is InChI=1S/CCl4.ClHO/c2-1(3,4)5;1-2/h;2H. The summed E-state index contributed by atoms with van der Waals surface area (Å²) in [6.07, 6.45) is 0. The molecule has 0 atom stereocenters. The van der Waals surface area contributed by atoms with Crippen LogP contribution in [0.3, 0.4) is 0 Å². The lowest BCUT2D eigenvalue weighted by Gasteiger charge is -1.91. The van der Waals surface area contributed by atoms with Gasteiger partial charge in [-0.25, -0.2) is 0 Å². The first-order valence-electron chi connectivity index (χ1n) is 0.925. The molecule has 0 amide bonds. The molecule has 0 aliphatic carbocycles. The van der Waals surface area contributed by atoms with Gasteiger partial charge in [-0.1, -0.05) is 46.4 Å². The molecule has 0 rings (SSSR count). The average molecular weight is 206 g/mol. The Bertz CT molecular complexity index is 23.6. The first kappa shape index (κ1) is 11.2. The summed E-state index contributed by atoms with van der Waals surface area (Å²) in [4.78, 5) is 0. The lowest BCUT2D eigenvalue weighted by molar-refractivity contribution is 0.632. The highest BCUT2D eigenvalue weighted by Crippen LogP contribution is 2.29. The second-order valence-electron chi connectivity index (χ2n) is 0.429. The van der Waals surface area contributed by atoms with Crippen LogP contribution in [-0.4, -0.2) is 7.91 Å². The van der Waals surface area contributed by atoms with Crippen molar-refractivity contribution in [3.05, 3.63) is 0 Å². The maximum atomic E-state index is 6.47. The second kappa shape index (κ2) is 5.54. The van der Waals surface area contributed by atoms with E-state index in [9.17, 15) is 0 Å². The topological polar surface area (TPSA) is 20.2 Å². The van der Waals surface area contributed by atoms with E-state index in [1.54, 1.807) is 0 Å². The fourth-order valence-corrected chi connectivity index (χ4v) is 0. The van der Waals surface area contributed by atoms with Crippen LogP contribution < -0.4 is 0 Å². The normalized spacial score (nSPS) is 9.43. The average Bonchev–Trinajstić information content (AvgIpc) is 1.36. The molecule has 46 valence electrons. The summed E-state index contributed by atoms with van der Waals surface area (Å²) in [5.41, 5.74) is 0. The van der Waals surface area contributed by atoms with Gasteiger partial charge in [-0.15, -0.1) is 0 Å². The van der Waals surface area contributed by atoms with Crippen LogP contribution in [-0.2, 0) is 0 Å². The van der Waals surface area contributed by atoms with Gasteiger partial charge in [-0.05, 0) is 0 Å². The Morgan fingerprint density at radius 2 is 0.857 bits per heavy atom. The smallest absolute Gasteiger partial charge is 0.266 e. The summed E-state index contributed by atoms with van der Waals surface area (Å²) in [6, 6.07) is 0. The van der Waals surface area contributed by atoms with E-state index in [1.165, 1.54) is 0 Å². The molecule has 0 spiro atoms. The molecule has 0 heterocycles. The fourth-order valence-electron chi connectivity index (χ4n) is 0. The molecule has 0 saturated carbocycles.